The normalized spacial score (nSPS) is 20.2. The molecule has 0 bridgehead atoms. The molecule has 2 heterocycles. The first-order chi connectivity index (χ1) is 10.9. The molecule has 1 fully saturated rings. The number of alkyl halides is 3. The second kappa shape index (κ2) is 6.36. The lowest BCUT2D eigenvalue weighted by molar-refractivity contribution is -0.141. The summed E-state index contributed by atoms with van der Waals surface area (Å²) in [5.41, 5.74) is -1.74. The predicted octanol–water partition coefficient (Wildman–Crippen LogP) is 3.68. The molecule has 0 N–H and O–H groups in total. The predicted molar refractivity (Wildman–Crippen MR) is 80.0 cm³/mol. The minimum absolute atomic E-state index is 0.0287. The number of hydrogen-bond donors (Lipinski definition) is 0. The number of rotatable bonds is 3. The van der Waals surface area contributed by atoms with Crippen molar-refractivity contribution in [3.05, 3.63) is 17.0 Å². The van der Waals surface area contributed by atoms with Crippen LogP contribution in [0.15, 0.2) is 6.07 Å². The number of halogens is 4. The van der Waals surface area contributed by atoms with E-state index in [2.05, 4.69) is 9.97 Å². The topological polar surface area (TPSA) is 64.6 Å². The van der Waals surface area contributed by atoms with Crippen LogP contribution in [0.1, 0.15) is 33.4 Å². The first-order valence-electron chi connectivity index (χ1n) is 7.14. The van der Waals surface area contributed by atoms with Gasteiger partial charge in [0.1, 0.15) is 18.5 Å². The van der Waals surface area contributed by atoms with Crippen LogP contribution in [0.2, 0.25) is 5.28 Å². The van der Waals surface area contributed by atoms with Crippen molar-refractivity contribution in [3.8, 4) is 0 Å². The number of cyclic esters (lactones) is 1. The van der Waals surface area contributed by atoms with Crippen molar-refractivity contribution in [1.82, 2.24) is 9.97 Å². The van der Waals surface area contributed by atoms with Gasteiger partial charge in [-0.1, -0.05) is 0 Å². The third kappa shape index (κ3) is 4.27. The van der Waals surface area contributed by atoms with E-state index in [9.17, 15) is 18.0 Å². The Labute approximate surface area is 141 Å². The molecule has 1 aliphatic rings. The molecule has 2 atom stereocenters. The summed E-state index contributed by atoms with van der Waals surface area (Å²) in [5.74, 6) is -0.279. The number of hydrogen-bond acceptors (Lipinski definition) is 5. The van der Waals surface area contributed by atoms with Gasteiger partial charge in [-0.3, -0.25) is 4.90 Å². The van der Waals surface area contributed by atoms with Crippen molar-refractivity contribution in [2.45, 2.75) is 51.6 Å². The first kappa shape index (κ1) is 18.7. The molecule has 0 aromatic carbocycles. The van der Waals surface area contributed by atoms with Crippen LogP contribution in [-0.2, 0) is 15.7 Å². The van der Waals surface area contributed by atoms with E-state index in [4.69, 9.17) is 21.1 Å². The van der Waals surface area contributed by atoms with Gasteiger partial charge in [-0.15, -0.1) is 0 Å². The van der Waals surface area contributed by atoms with E-state index in [1.807, 2.05) is 20.8 Å². The molecule has 1 aromatic rings. The molecule has 0 saturated carbocycles. The Balaban J connectivity index is 2.37. The van der Waals surface area contributed by atoms with Crippen molar-refractivity contribution in [1.29, 1.82) is 0 Å². The maximum absolute atomic E-state index is 12.9. The van der Waals surface area contributed by atoms with E-state index in [0.29, 0.717) is 6.07 Å². The van der Waals surface area contributed by atoms with Crippen LogP contribution in [-0.4, -0.2) is 40.4 Å². The summed E-state index contributed by atoms with van der Waals surface area (Å²) in [4.78, 5) is 19.9. The highest BCUT2D eigenvalue weighted by Crippen LogP contribution is 2.33. The minimum atomic E-state index is -4.71. The Morgan fingerprint density at radius 2 is 2.00 bits per heavy atom. The monoisotopic (exact) mass is 367 g/mol. The summed E-state index contributed by atoms with van der Waals surface area (Å²) in [6.07, 6.45) is -6.03. The van der Waals surface area contributed by atoms with E-state index in [-0.39, 0.29) is 12.4 Å². The van der Waals surface area contributed by atoms with Crippen LogP contribution < -0.4 is 4.90 Å². The van der Waals surface area contributed by atoms with Crippen LogP contribution in [0.5, 0.6) is 0 Å². The molecule has 0 spiro atoms. The van der Waals surface area contributed by atoms with Crippen LogP contribution in [0, 0.1) is 0 Å². The number of carbonyl (C=O) groups is 1. The molecule has 1 amide bonds. The van der Waals surface area contributed by atoms with Crippen LogP contribution >= 0.6 is 11.6 Å². The fourth-order valence-electron chi connectivity index (χ4n) is 2.36. The zero-order chi connectivity index (χ0) is 18.3. The molecule has 0 radical (unpaired) electrons. The average molecular weight is 368 g/mol. The molecular weight excluding hydrogens is 351 g/mol. The van der Waals surface area contributed by atoms with E-state index in [1.54, 1.807) is 6.92 Å². The van der Waals surface area contributed by atoms with E-state index < -0.39 is 41.0 Å². The molecular formula is C14H17ClF3N3O3. The molecule has 24 heavy (non-hydrogen) atoms. The van der Waals surface area contributed by atoms with Gasteiger partial charge >= 0.3 is 12.3 Å². The quantitative estimate of drug-likeness (QED) is 0.762. The van der Waals surface area contributed by atoms with Crippen LogP contribution in [0.3, 0.4) is 0 Å². The number of nitrogens with zero attached hydrogens (tertiary/aromatic N) is 3. The smallest absolute Gasteiger partial charge is 0.433 e. The van der Waals surface area contributed by atoms with Crippen molar-refractivity contribution < 1.29 is 27.4 Å². The highest BCUT2D eigenvalue weighted by Gasteiger charge is 2.42. The maximum atomic E-state index is 12.9. The first-order valence-corrected chi connectivity index (χ1v) is 7.52. The molecule has 134 valence electrons. The maximum Gasteiger partial charge on any atom is 0.433 e. The molecule has 10 heteroatoms. The summed E-state index contributed by atoms with van der Waals surface area (Å²) in [7, 11) is 0. The Kier molecular flexibility index (Phi) is 4.96. The third-order valence-electron chi connectivity index (χ3n) is 3.21. The molecule has 1 aromatic heterocycles. The fraction of sp³-hybridized carbons (Fsp3) is 0.643. The summed E-state index contributed by atoms with van der Waals surface area (Å²) in [6, 6.07) is 0.0266. The van der Waals surface area contributed by atoms with Gasteiger partial charge in [0.05, 0.1) is 11.7 Å². The zero-order valence-electron chi connectivity index (χ0n) is 13.5. The lowest BCUT2D eigenvalue weighted by Gasteiger charge is -2.31. The molecule has 1 aliphatic heterocycles. The summed E-state index contributed by atoms with van der Waals surface area (Å²) in [5, 5.41) is -0.609. The molecule has 6 nitrogen and oxygen atoms in total. The summed E-state index contributed by atoms with van der Waals surface area (Å²) >= 11 is 5.58. The van der Waals surface area contributed by atoms with Gasteiger partial charge in [0.15, 0.2) is 5.69 Å². The van der Waals surface area contributed by atoms with Gasteiger partial charge in [-0.05, 0) is 39.3 Å². The van der Waals surface area contributed by atoms with Gasteiger partial charge in [-0.25, -0.2) is 14.8 Å². The van der Waals surface area contributed by atoms with Crippen LogP contribution in [0.4, 0.5) is 23.8 Å². The second-order valence-electron chi connectivity index (χ2n) is 6.33. The summed E-state index contributed by atoms with van der Waals surface area (Å²) in [6.45, 7) is 7.16. The SMILES string of the molecule is C[C@@H](OC(C)(C)C)[C@H]1COC(=O)N1c1cc(C(F)(F)F)nc(Cl)n1. The third-order valence-corrected chi connectivity index (χ3v) is 3.38. The standard InChI is InChI=1S/C14H17ClF3N3O3/c1-7(24-13(2,3)4)8-6-23-12(22)21(8)10-5-9(14(16,17)18)19-11(15)20-10/h5,7-8H,6H2,1-4H3/t7-,8-/m1/s1. The van der Waals surface area contributed by atoms with Gasteiger partial charge in [0.25, 0.3) is 0 Å². The average Bonchev–Trinajstić information content (AvgIpc) is 2.77. The van der Waals surface area contributed by atoms with E-state index in [0.717, 1.165) is 4.90 Å². The van der Waals surface area contributed by atoms with Crippen molar-refractivity contribution in [3.63, 3.8) is 0 Å². The largest absolute Gasteiger partial charge is 0.447 e. The lowest BCUT2D eigenvalue weighted by Crippen LogP contribution is -2.45. The second-order valence-corrected chi connectivity index (χ2v) is 6.67. The fourth-order valence-corrected chi connectivity index (χ4v) is 2.53. The number of anilines is 1. The Morgan fingerprint density at radius 3 is 2.54 bits per heavy atom. The zero-order valence-corrected chi connectivity index (χ0v) is 14.3. The molecule has 1 saturated heterocycles. The van der Waals surface area contributed by atoms with Gasteiger partial charge in [0.2, 0.25) is 5.28 Å². The van der Waals surface area contributed by atoms with E-state index >= 15 is 0 Å². The Hall–Kier alpha value is -1.61. The van der Waals surface area contributed by atoms with Crippen molar-refractivity contribution in [2.24, 2.45) is 0 Å². The number of ether oxygens (including phenoxy) is 2. The highest BCUT2D eigenvalue weighted by molar-refractivity contribution is 6.28. The number of aromatic nitrogens is 2. The Morgan fingerprint density at radius 1 is 1.38 bits per heavy atom. The number of amides is 1. The number of carbonyl (C=O) groups excluding carboxylic acids is 1. The van der Waals surface area contributed by atoms with Gasteiger partial charge < -0.3 is 9.47 Å². The van der Waals surface area contributed by atoms with E-state index in [1.165, 1.54) is 0 Å². The Bertz CT molecular complexity index is 634. The lowest BCUT2D eigenvalue weighted by atomic mass is 10.1. The molecule has 0 unspecified atom stereocenters. The molecule has 2 rings (SSSR count). The van der Waals surface area contributed by atoms with Gasteiger partial charge in [0, 0.05) is 6.07 Å². The highest BCUT2D eigenvalue weighted by atomic mass is 35.5. The van der Waals surface area contributed by atoms with Crippen molar-refractivity contribution >= 4 is 23.5 Å². The molecule has 0 aliphatic carbocycles. The summed E-state index contributed by atoms with van der Waals surface area (Å²) < 4.78 is 49.4. The van der Waals surface area contributed by atoms with Crippen LogP contribution in [0.25, 0.3) is 0 Å². The minimum Gasteiger partial charge on any atom is -0.447 e. The van der Waals surface area contributed by atoms with Gasteiger partial charge in [-0.2, -0.15) is 13.2 Å². The van der Waals surface area contributed by atoms with Crippen molar-refractivity contribution in [2.75, 3.05) is 11.5 Å².